The second-order valence-corrected chi connectivity index (χ2v) is 2.62. The standard InChI is InChI=1S/C10H9NO/c12-10-5-6-11-7-8-3-1-2-4-9(8)10/h1-7,11-12H. The first kappa shape index (κ1) is 6.98. The molecule has 0 spiro atoms. The van der Waals surface area contributed by atoms with E-state index in [0.717, 1.165) is 10.4 Å². The molecule has 0 fully saturated rings. The molecule has 2 heteroatoms. The molecule has 2 nitrogen and oxygen atoms in total. The van der Waals surface area contributed by atoms with Crippen LogP contribution in [-0.2, 0) is 0 Å². The Morgan fingerprint density at radius 3 is 2.92 bits per heavy atom. The Morgan fingerprint density at radius 2 is 2.00 bits per heavy atom. The minimum absolute atomic E-state index is 0.298. The molecule has 0 unspecified atom stereocenters. The molecule has 1 aromatic carbocycles. The van der Waals surface area contributed by atoms with Gasteiger partial charge >= 0.3 is 0 Å². The fourth-order valence-electron chi connectivity index (χ4n) is 1.21. The molecule has 12 heavy (non-hydrogen) atoms. The number of nitrogens with one attached hydrogen (secondary N) is 1. The van der Waals surface area contributed by atoms with Gasteiger partial charge in [0.1, 0.15) is 5.76 Å². The predicted octanol–water partition coefficient (Wildman–Crippen LogP) is 0.208. The van der Waals surface area contributed by atoms with Crippen LogP contribution in [0.25, 0.3) is 12.0 Å². The molecule has 1 aliphatic rings. The normalized spacial score (nSPS) is 14.2. The molecular weight excluding hydrogens is 150 g/mol. The largest absolute Gasteiger partial charge is 0.507 e. The van der Waals surface area contributed by atoms with E-state index in [2.05, 4.69) is 5.32 Å². The number of hydrogen-bond donors (Lipinski definition) is 2. The van der Waals surface area contributed by atoms with Crippen LogP contribution in [0, 0.1) is 0 Å². The van der Waals surface area contributed by atoms with Crippen LogP contribution in [0.3, 0.4) is 0 Å². The van der Waals surface area contributed by atoms with Gasteiger partial charge in [-0.3, -0.25) is 0 Å². The lowest BCUT2D eigenvalue weighted by Gasteiger charge is -1.89. The van der Waals surface area contributed by atoms with Crippen molar-refractivity contribution in [2.75, 3.05) is 0 Å². The van der Waals surface area contributed by atoms with Crippen LogP contribution < -0.4 is 15.8 Å². The Kier molecular flexibility index (Phi) is 1.59. The highest BCUT2D eigenvalue weighted by Gasteiger charge is 1.93. The van der Waals surface area contributed by atoms with Crippen molar-refractivity contribution in [2.45, 2.75) is 0 Å². The minimum atomic E-state index is 0.298. The zero-order chi connectivity index (χ0) is 8.39. The summed E-state index contributed by atoms with van der Waals surface area (Å²) in [5.41, 5.74) is 0. The zero-order valence-electron chi connectivity index (χ0n) is 6.49. The van der Waals surface area contributed by atoms with Crippen molar-refractivity contribution in [3.63, 3.8) is 0 Å². The van der Waals surface area contributed by atoms with Gasteiger partial charge in [0.2, 0.25) is 0 Å². The van der Waals surface area contributed by atoms with E-state index in [-0.39, 0.29) is 0 Å². The summed E-state index contributed by atoms with van der Waals surface area (Å²) in [6.07, 6.45) is 5.20. The highest BCUT2D eigenvalue weighted by atomic mass is 16.3. The second kappa shape index (κ2) is 2.74. The quantitative estimate of drug-likeness (QED) is 0.567. The highest BCUT2D eigenvalue weighted by Crippen LogP contribution is 1.88. The molecule has 2 rings (SSSR count). The Bertz CT molecular complexity index is 431. The van der Waals surface area contributed by atoms with Crippen molar-refractivity contribution in [3.05, 3.63) is 47.0 Å². The molecule has 0 amide bonds. The molecule has 1 aromatic rings. The molecule has 60 valence electrons. The lowest BCUT2D eigenvalue weighted by Crippen LogP contribution is -2.26. The molecule has 1 heterocycles. The smallest absolute Gasteiger partial charge is 0.124 e. The van der Waals surface area contributed by atoms with E-state index in [4.69, 9.17) is 0 Å². The van der Waals surface area contributed by atoms with Gasteiger partial charge in [-0.15, -0.1) is 0 Å². The van der Waals surface area contributed by atoms with E-state index in [1.54, 1.807) is 12.3 Å². The molecule has 1 aliphatic heterocycles. The third-order valence-corrected chi connectivity index (χ3v) is 1.81. The first-order valence-corrected chi connectivity index (χ1v) is 3.79. The fraction of sp³-hybridized carbons (Fsp3) is 0. The average Bonchev–Trinajstić information content (AvgIpc) is 2.29. The van der Waals surface area contributed by atoms with Gasteiger partial charge in [-0.2, -0.15) is 0 Å². The molecule has 2 N–H and O–H groups in total. The van der Waals surface area contributed by atoms with Crippen molar-refractivity contribution < 1.29 is 5.11 Å². The zero-order valence-corrected chi connectivity index (χ0v) is 6.49. The molecule has 0 aliphatic carbocycles. The van der Waals surface area contributed by atoms with Gasteiger partial charge in [0.15, 0.2) is 0 Å². The summed E-state index contributed by atoms with van der Waals surface area (Å²) in [6.45, 7) is 0. The first-order chi connectivity index (χ1) is 5.88. The number of fused-ring (bicyclic) bond motifs is 1. The van der Waals surface area contributed by atoms with Crippen LogP contribution >= 0.6 is 0 Å². The van der Waals surface area contributed by atoms with E-state index in [9.17, 15) is 5.11 Å². The van der Waals surface area contributed by atoms with Crippen LogP contribution in [-0.4, -0.2) is 5.11 Å². The van der Waals surface area contributed by atoms with Gasteiger partial charge in [-0.1, -0.05) is 24.3 Å². The number of hydrogen-bond acceptors (Lipinski definition) is 2. The molecular formula is C10H9NO. The number of rotatable bonds is 0. The third kappa shape index (κ3) is 1.07. The lowest BCUT2D eigenvalue weighted by molar-refractivity contribution is 0.511. The highest BCUT2D eigenvalue weighted by molar-refractivity contribution is 5.50. The van der Waals surface area contributed by atoms with Gasteiger partial charge in [0.05, 0.1) is 0 Å². The summed E-state index contributed by atoms with van der Waals surface area (Å²) in [5, 5.41) is 14.3. The summed E-state index contributed by atoms with van der Waals surface area (Å²) in [4.78, 5) is 0. The summed E-state index contributed by atoms with van der Waals surface area (Å²) >= 11 is 0. The molecule has 0 atom stereocenters. The van der Waals surface area contributed by atoms with Gasteiger partial charge < -0.3 is 10.4 Å². The van der Waals surface area contributed by atoms with Crippen molar-refractivity contribution in [2.24, 2.45) is 0 Å². The maximum absolute atomic E-state index is 9.51. The summed E-state index contributed by atoms with van der Waals surface area (Å²) in [6, 6.07) is 7.68. The topological polar surface area (TPSA) is 32.3 Å². The predicted molar refractivity (Wildman–Crippen MR) is 48.5 cm³/mol. The molecule has 0 saturated heterocycles. The Balaban J connectivity index is 2.89. The first-order valence-electron chi connectivity index (χ1n) is 3.79. The number of aliphatic hydroxyl groups excluding tert-OH is 1. The van der Waals surface area contributed by atoms with E-state index >= 15 is 0 Å². The van der Waals surface area contributed by atoms with E-state index < -0.39 is 0 Å². The van der Waals surface area contributed by atoms with Crippen molar-refractivity contribution in [1.29, 1.82) is 0 Å². The maximum Gasteiger partial charge on any atom is 0.124 e. The van der Waals surface area contributed by atoms with E-state index in [0.29, 0.717) is 5.76 Å². The van der Waals surface area contributed by atoms with Gasteiger partial charge in [-0.05, 0) is 6.08 Å². The summed E-state index contributed by atoms with van der Waals surface area (Å²) in [7, 11) is 0. The Morgan fingerprint density at radius 1 is 1.17 bits per heavy atom. The molecule has 0 bridgehead atoms. The van der Waals surface area contributed by atoms with Gasteiger partial charge in [0, 0.05) is 22.8 Å². The maximum atomic E-state index is 9.51. The van der Waals surface area contributed by atoms with Crippen LogP contribution in [0.1, 0.15) is 0 Å². The second-order valence-electron chi connectivity index (χ2n) is 2.62. The average molecular weight is 159 g/mol. The summed E-state index contributed by atoms with van der Waals surface area (Å²) in [5.74, 6) is 0.298. The van der Waals surface area contributed by atoms with Crippen LogP contribution in [0.15, 0.2) is 36.5 Å². The summed E-state index contributed by atoms with van der Waals surface area (Å²) < 4.78 is 0. The fourth-order valence-corrected chi connectivity index (χ4v) is 1.21. The Labute approximate surface area is 70.2 Å². The van der Waals surface area contributed by atoms with Crippen molar-refractivity contribution >= 4 is 12.0 Å². The Hall–Kier alpha value is -1.70. The lowest BCUT2D eigenvalue weighted by atomic mass is 10.2. The SMILES string of the molecule is OC1=c2ccccc2=CNC=C1. The van der Waals surface area contributed by atoms with Crippen molar-refractivity contribution in [1.82, 2.24) is 5.32 Å². The van der Waals surface area contributed by atoms with Crippen molar-refractivity contribution in [3.8, 4) is 0 Å². The monoisotopic (exact) mass is 159 g/mol. The molecule has 0 aromatic heterocycles. The van der Waals surface area contributed by atoms with Gasteiger partial charge in [0.25, 0.3) is 0 Å². The minimum Gasteiger partial charge on any atom is -0.507 e. The van der Waals surface area contributed by atoms with Crippen LogP contribution in [0.2, 0.25) is 0 Å². The van der Waals surface area contributed by atoms with Crippen LogP contribution in [0.5, 0.6) is 0 Å². The molecule has 0 saturated carbocycles. The van der Waals surface area contributed by atoms with Crippen LogP contribution in [0.4, 0.5) is 0 Å². The number of aliphatic hydroxyl groups is 1. The third-order valence-electron chi connectivity index (χ3n) is 1.81. The van der Waals surface area contributed by atoms with E-state index in [1.165, 1.54) is 0 Å². The number of benzene rings is 1. The van der Waals surface area contributed by atoms with Gasteiger partial charge in [-0.25, -0.2) is 0 Å². The molecule has 0 radical (unpaired) electrons. The van der Waals surface area contributed by atoms with E-state index in [1.807, 2.05) is 30.5 Å².